The molecule has 1 heterocycles. The molecule has 1 aliphatic rings. The van der Waals surface area contributed by atoms with Crippen LogP contribution in [0.3, 0.4) is 0 Å². The van der Waals surface area contributed by atoms with Crippen LogP contribution in [-0.2, 0) is 21.2 Å². The first-order valence-corrected chi connectivity index (χ1v) is 9.02. The maximum atomic E-state index is 12.0. The highest BCUT2D eigenvalue weighted by Crippen LogP contribution is 2.28. The second-order valence-electron chi connectivity index (χ2n) is 5.86. The number of hydrogen-bond acceptors (Lipinski definition) is 5. The first-order valence-electron chi connectivity index (χ1n) is 7.37. The van der Waals surface area contributed by atoms with Gasteiger partial charge >= 0.3 is 0 Å². The van der Waals surface area contributed by atoms with E-state index in [1.165, 1.54) is 12.8 Å². The summed E-state index contributed by atoms with van der Waals surface area (Å²) in [6.07, 6.45) is 2.99. The maximum Gasteiger partial charge on any atom is 0.214 e. The van der Waals surface area contributed by atoms with Crippen molar-refractivity contribution >= 4 is 10.0 Å². The van der Waals surface area contributed by atoms with Crippen molar-refractivity contribution < 1.29 is 17.7 Å². The lowest BCUT2D eigenvalue weighted by Crippen LogP contribution is -2.37. The molecule has 0 aliphatic heterocycles. The van der Waals surface area contributed by atoms with E-state index in [1.54, 1.807) is 0 Å². The number of rotatable bonds is 9. The molecule has 0 spiro atoms. The van der Waals surface area contributed by atoms with Gasteiger partial charge in [-0.2, -0.15) is 0 Å². The van der Waals surface area contributed by atoms with Gasteiger partial charge in [0.25, 0.3) is 0 Å². The fourth-order valence-electron chi connectivity index (χ4n) is 2.21. The molecule has 21 heavy (non-hydrogen) atoms. The van der Waals surface area contributed by atoms with Crippen LogP contribution >= 0.6 is 0 Å². The van der Waals surface area contributed by atoms with Gasteiger partial charge in [-0.15, -0.1) is 0 Å². The topological polar surface area (TPSA) is 81.4 Å². The van der Waals surface area contributed by atoms with E-state index in [0.717, 1.165) is 17.0 Å². The number of hydrogen-bond donors (Lipinski definition) is 1. The summed E-state index contributed by atoms with van der Waals surface area (Å²) >= 11 is 0. The van der Waals surface area contributed by atoms with Crippen LogP contribution in [0, 0.1) is 19.8 Å². The maximum absolute atomic E-state index is 12.0. The molecule has 120 valence electrons. The van der Waals surface area contributed by atoms with Crippen LogP contribution in [0.1, 0.15) is 36.8 Å². The molecule has 1 fully saturated rings. The van der Waals surface area contributed by atoms with Gasteiger partial charge in [-0.3, -0.25) is 0 Å². The van der Waals surface area contributed by atoms with E-state index >= 15 is 0 Å². The van der Waals surface area contributed by atoms with Crippen molar-refractivity contribution in [2.24, 2.45) is 5.92 Å². The van der Waals surface area contributed by atoms with Crippen molar-refractivity contribution in [3.8, 4) is 0 Å². The van der Waals surface area contributed by atoms with Crippen molar-refractivity contribution in [2.45, 2.75) is 46.1 Å². The minimum absolute atomic E-state index is 0.00562. The van der Waals surface area contributed by atoms with Crippen LogP contribution in [-0.4, -0.2) is 38.6 Å². The normalized spacial score (nSPS) is 17.1. The van der Waals surface area contributed by atoms with Gasteiger partial charge in [0, 0.05) is 18.2 Å². The summed E-state index contributed by atoms with van der Waals surface area (Å²) in [6, 6.07) is -0.199. The summed E-state index contributed by atoms with van der Waals surface area (Å²) in [5.74, 6) is 1.40. The molecular formula is C14H24N2O4S. The number of nitrogens with zero attached hydrogens (tertiary/aromatic N) is 1. The number of ether oxygens (including phenoxy) is 1. The predicted octanol–water partition coefficient (Wildman–Crippen LogP) is 1.57. The zero-order chi connectivity index (χ0) is 15.5. The highest BCUT2D eigenvalue weighted by Gasteiger charge is 2.22. The highest BCUT2D eigenvalue weighted by molar-refractivity contribution is 7.89. The molecule has 0 bridgehead atoms. The summed E-state index contributed by atoms with van der Waals surface area (Å²) in [5, 5.41) is 3.88. The van der Waals surface area contributed by atoms with E-state index in [9.17, 15) is 8.42 Å². The van der Waals surface area contributed by atoms with Crippen molar-refractivity contribution in [1.29, 1.82) is 0 Å². The second kappa shape index (κ2) is 6.89. The van der Waals surface area contributed by atoms with Gasteiger partial charge in [-0.25, -0.2) is 13.1 Å². The average Bonchev–Trinajstić information content (AvgIpc) is 3.16. The molecule has 7 heteroatoms. The molecule has 1 saturated carbocycles. The first kappa shape index (κ1) is 16.5. The molecule has 0 unspecified atom stereocenters. The fourth-order valence-corrected chi connectivity index (χ4v) is 3.36. The Balaban J connectivity index is 1.75. The van der Waals surface area contributed by atoms with E-state index in [-0.39, 0.29) is 18.4 Å². The van der Waals surface area contributed by atoms with Crippen molar-refractivity contribution in [2.75, 3.05) is 19.0 Å². The number of aryl methyl sites for hydroxylation is 2. The predicted molar refractivity (Wildman–Crippen MR) is 79.6 cm³/mol. The van der Waals surface area contributed by atoms with E-state index in [2.05, 4.69) is 9.88 Å². The van der Waals surface area contributed by atoms with Gasteiger partial charge in [0.05, 0.1) is 18.1 Å². The molecular weight excluding hydrogens is 292 g/mol. The van der Waals surface area contributed by atoms with Crippen LogP contribution in [0.2, 0.25) is 0 Å². The molecule has 6 nitrogen and oxygen atoms in total. The van der Waals surface area contributed by atoms with Crippen molar-refractivity contribution in [3.05, 3.63) is 17.0 Å². The first-order chi connectivity index (χ1) is 9.87. The zero-order valence-corrected chi connectivity index (χ0v) is 13.7. The second-order valence-corrected chi connectivity index (χ2v) is 7.74. The Kier molecular flexibility index (Phi) is 5.40. The lowest BCUT2D eigenvalue weighted by atomic mass is 10.1. The summed E-state index contributed by atoms with van der Waals surface area (Å²) in [7, 11) is -3.31. The quantitative estimate of drug-likeness (QED) is 0.699. The molecule has 0 aromatic carbocycles. The molecule has 1 aromatic rings. The summed E-state index contributed by atoms with van der Waals surface area (Å²) < 4.78 is 37.1. The van der Waals surface area contributed by atoms with Gasteiger partial charge < -0.3 is 9.26 Å². The third-order valence-electron chi connectivity index (χ3n) is 3.62. The highest BCUT2D eigenvalue weighted by atomic mass is 32.2. The molecule has 0 saturated heterocycles. The van der Waals surface area contributed by atoms with Crippen LogP contribution < -0.4 is 4.72 Å². The van der Waals surface area contributed by atoms with E-state index < -0.39 is 10.0 Å². The smallest absolute Gasteiger partial charge is 0.214 e. The minimum Gasteiger partial charge on any atom is -0.380 e. The Morgan fingerprint density at radius 3 is 2.71 bits per heavy atom. The van der Waals surface area contributed by atoms with Gasteiger partial charge in [0.15, 0.2) is 0 Å². The van der Waals surface area contributed by atoms with E-state index in [1.807, 2.05) is 20.8 Å². The van der Waals surface area contributed by atoms with Crippen LogP contribution in [0.5, 0.6) is 0 Å². The molecule has 1 N–H and O–H groups in total. The third-order valence-corrected chi connectivity index (χ3v) is 5.08. The van der Waals surface area contributed by atoms with Crippen LogP contribution in [0.25, 0.3) is 0 Å². The lowest BCUT2D eigenvalue weighted by molar-refractivity contribution is 0.138. The average molecular weight is 316 g/mol. The van der Waals surface area contributed by atoms with E-state index in [4.69, 9.17) is 9.26 Å². The molecule has 0 radical (unpaired) electrons. The molecule has 2 rings (SSSR count). The molecule has 0 amide bonds. The Morgan fingerprint density at radius 1 is 1.43 bits per heavy atom. The number of nitrogens with one attached hydrogen (secondary N) is 1. The molecule has 1 aliphatic carbocycles. The number of aromatic nitrogens is 1. The zero-order valence-electron chi connectivity index (χ0n) is 12.9. The summed E-state index contributed by atoms with van der Waals surface area (Å²) in [4.78, 5) is 0. The van der Waals surface area contributed by atoms with Crippen LogP contribution in [0.4, 0.5) is 0 Å². The third kappa shape index (κ3) is 5.41. The lowest BCUT2D eigenvalue weighted by Gasteiger charge is -2.14. The van der Waals surface area contributed by atoms with Gasteiger partial charge in [-0.1, -0.05) is 5.16 Å². The van der Waals surface area contributed by atoms with Gasteiger partial charge in [-0.05, 0) is 46.0 Å². The minimum atomic E-state index is -3.31. The summed E-state index contributed by atoms with van der Waals surface area (Å²) in [6.45, 7) is 6.48. The monoisotopic (exact) mass is 316 g/mol. The standard InChI is InChI=1S/C14H24N2O4S/c1-10(8-14-11(2)15-20-12(14)3)16-21(17,18)7-6-19-9-13-4-5-13/h10,13,16H,4-9H2,1-3H3/t10-/m0/s1. The molecule has 1 atom stereocenters. The van der Waals surface area contributed by atoms with Gasteiger partial charge in [0.1, 0.15) is 5.76 Å². The fraction of sp³-hybridized carbons (Fsp3) is 0.786. The summed E-state index contributed by atoms with van der Waals surface area (Å²) in [5.41, 5.74) is 1.78. The Morgan fingerprint density at radius 2 is 2.14 bits per heavy atom. The Bertz CT molecular complexity index is 544. The van der Waals surface area contributed by atoms with Gasteiger partial charge in [0.2, 0.25) is 10.0 Å². The number of sulfonamides is 1. The van der Waals surface area contributed by atoms with Crippen LogP contribution in [0.15, 0.2) is 4.52 Å². The Hall–Kier alpha value is -0.920. The SMILES string of the molecule is Cc1noc(C)c1C[C@H](C)NS(=O)(=O)CCOCC1CC1. The van der Waals surface area contributed by atoms with E-state index in [0.29, 0.717) is 18.9 Å². The molecule has 1 aromatic heterocycles. The van der Waals surface area contributed by atoms with Crippen molar-refractivity contribution in [1.82, 2.24) is 9.88 Å². The van der Waals surface area contributed by atoms with Crippen molar-refractivity contribution in [3.63, 3.8) is 0 Å². The largest absolute Gasteiger partial charge is 0.380 e. The Labute approximate surface area is 126 Å².